The third-order valence-corrected chi connectivity index (χ3v) is 4.28. The van der Waals surface area contributed by atoms with Crippen molar-refractivity contribution in [3.63, 3.8) is 0 Å². The Hall–Kier alpha value is -2.94. The van der Waals surface area contributed by atoms with Gasteiger partial charge in [-0.2, -0.15) is 4.98 Å². The van der Waals surface area contributed by atoms with Crippen molar-refractivity contribution in [2.75, 3.05) is 18.2 Å². The van der Waals surface area contributed by atoms with Crippen molar-refractivity contribution in [2.24, 2.45) is 0 Å². The fourth-order valence-electron chi connectivity index (χ4n) is 2.49. The lowest BCUT2D eigenvalue weighted by Gasteiger charge is -2.23. The van der Waals surface area contributed by atoms with E-state index in [1.165, 1.54) is 11.9 Å². The summed E-state index contributed by atoms with van der Waals surface area (Å²) in [5.74, 6) is -0.199. The van der Waals surface area contributed by atoms with Gasteiger partial charge in [-0.1, -0.05) is 41.9 Å². The van der Waals surface area contributed by atoms with E-state index in [1.54, 1.807) is 24.3 Å². The molecule has 0 saturated heterocycles. The molecular formula is C19H19ClN4O4. The highest BCUT2D eigenvalue weighted by molar-refractivity contribution is 6.31. The van der Waals surface area contributed by atoms with E-state index in [4.69, 9.17) is 20.9 Å². The van der Waals surface area contributed by atoms with Crippen LogP contribution in [-0.2, 0) is 21.0 Å². The minimum atomic E-state index is -0.199. The fourth-order valence-corrected chi connectivity index (χ4v) is 2.69. The van der Waals surface area contributed by atoms with Gasteiger partial charge in [0.2, 0.25) is 12.3 Å². The van der Waals surface area contributed by atoms with Crippen molar-refractivity contribution in [1.82, 2.24) is 15.4 Å². The van der Waals surface area contributed by atoms with Crippen LogP contribution in [0.25, 0.3) is 11.1 Å². The second-order valence-electron chi connectivity index (χ2n) is 5.83. The number of benzene rings is 2. The lowest BCUT2D eigenvalue weighted by molar-refractivity contribution is -0.133. The van der Waals surface area contributed by atoms with Crippen LogP contribution in [0.5, 0.6) is 0 Å². The molecule has 1 aromatic heterocycles. The number of hydrazine groups is 1. The van der Waals surface area contributed by atoms with E-state index in [9.17, 15) is 9.59 Å². The smallest absolute Gasteiger partial charge is 0.330 e. The molecule has 0 aliphatic heterocycles. The number of fused-ring (bicyclic) bond motifs is 1. The van der Waals surface area contributed by atoms with Gasteiger partial charge in [0.1, 0.15) is 5.52 Å². The van der Waals surface area contributed by atoms with E-state index in [2.05, 4.69) is 10.4 Å². The molecule has 0 aliphatic carbocycles. The zero-order valence-electron chi connectivity index (χ0n) is 15.2. The van der Waals surface area contributed by atoms with Gasteiger partial charge < -0.3 is 4.42 Å². The average molecular weight is 403 g/mol. The molecule has 0 bridgehead atoms. The first-order chi connectivity index (χ1) is 13.6. The zero-order chi connectivity index (χ0) is 19.9. The van der Waals surface area contributed by atoms with E-state index in [1.807, 2.05) is 24.3 Å². The number of carbonyl (C=O) groups is 2. The molecule has 0 radical (unpaired) electrons. The number of hydrogen-bond acceptors (Lipinski definition) is 6. The number of hydroxylamine groups is 1. The van der Waals surface area contributed by atoms with Gasteiger partial charge in [-0.15, -0.1) is 5.06 Å². The second-order valence-corrected chi connectivity index (χ2v) is 6.23. The number of aromatic nitrogens is 1. The highest BCUT2D eigenvalue weighted by Gasteiger charge is 2.16. The third-order valence-electron chi connectivity index (χ3n) is 3.91. The number of para-hydroxylation sites is 2. The van der Waals surface area contributed by atoms with Crippen LogP contribution < -0.4 is 10.5 Å². The van der Waals surface area contributed by atoms with Crippen LogP contribution in [0.4, 0.5) is 6.01 Å². The van der Waals surface area contributed by atoms with Gasteiger partial charge in [0.25, 0.3) is 0 Å². The Morgan fingerprint density at radius 2 is 2.00 bits per heavy atom. The molecule has 9 heteroatoms. The summed E-state index contributed by atoms with van der Waals surface area (Å²) >= 11 is 6.12. The molecule has 0 spiro atoms. The van der Waals surface area contributed by atoms with Gasteiger partial charge in [-0.05, 0) is 23.8 Å². The van der Waals surface area contributed by atoms with Crippen LogP contribution in [0.15, 0.2) is 52.9 Å². The summed E-state index contributed by atoms with van der Waals surface area (Å²) in [5, 5.41) is 2.89. The predicted octanol–water partition coefficient (Wildman–Crippen LogP) is 2.93. The number of carbonyl (C=O) groups excluding carboxylic acids is 2. The average Bonchev–Trinajstić information content (AvgIpc) is 3.12. The minimum Gasteiger partial charge on any atom is -0.422 e. The molecule has 3 aromatic rings. The number of hydrogen-bond donors (Lipinski definition) is 1. The molecule has 0 fully saturated rings. The fraction of sp³-hybridized carbons (Fsp3) is 0.211. The molecule has 8 nitrogen and oxygen atoms in total. The number of anilines is 1. The van der Waals surface area contributed by atoms with Gasteiger partial charge in [-0.25, -0.2) is 5.43 Å². The molecule has 2 aromatic carbocycles. The summed E-state index contributed by atoms with van der Waals surface area (Å²) in [4.78, 5) is 32.8. The summed E-state index contributed by atoms with van der Waals surface area (Å²) in [6, 6.07) is 14.5. The van der Waals surface area contributed by atoms with Crippen LogP contribution in [0.1, 0.15) is 12.5 Å². The lowest BCUT2D eigenvalue weighted by atomic mass is 10.2. The maximum Gasteiger partial charge on any atom is 0.330 e. The molecular weight excluding hydrogens is 384 g/mol. The maximum atomic E-state index is 11.8. The minimum absolute atomic E-state index is 0.0228. The van der Waals surface area contributed by atoms with Gasteiger partial charge in [-0.3, -0.25) is 19.4 Å². The molecule has 3 rings (SSSR count). The summed E-state index contributed by atoms with van der Waals surface area (Å²) in [7, 11) is 0. The van der Waals surface area contributed by atoms with Crippen LogP contribution in [0.2, 0.25) is 5.02 Å². The molecule has 1 N–H and O–H groups in total. The monoisotopic (exact) mass is 402 g/mol. The van der Waals surface area contributed by atoms with E-state index in [-0.39, 0.29) is 25.1 Å². The van der Waals surface area contributed by atoms with Crippen molar-refractivity contribution >= 4 is 41.0 Å². The number of nitrogens with one attached hydrogen (secondary N) is 1. The second kappa shape index (κ2) is 9.32. The molecule has 2 amide bonds. The molecule has 1 heterocycles. The van der Waals surface area contributed by atoms with Gasteiger partial charge in [0, 0.05) is 18.5 Å². The molecule has 0 unspecified atom stereocenters. The Balaban J connectivity index is 1.56. The van der Waals surface area contributed by atoms with Gasteiger partial charge in [0.15, 0.2) is 5.58 Å². The van der Waals surface area contributed by atoms with Crippen LogP contribution >= 0.6 is 11.6 Å². The van der Waals surface area contributed by atoms with Crippen molar-refractivity contribution in [3.8, 4) is 0 Å². The van der Waals surface area contributed by atoms with Crippen LogP contribution in [0, 0.1) is 0 Å². The third kappa shape index (κ3) is 4.86. The van der Waals surface area contributed by atoms with Crippen molar-refractivity contribution in [1.29, 1.82) is 0 Å². The highest BCUT2D eigenvalue weighted by atomic mass is 35.5. The van der Waals surface area contributed by atoms with Crippen molar-refractivity contribution in [2.45, 2.75) is 13.5 Å². The largest absolute Gasteiger partial charge is 0.422 e. The molecule has 28 heavy (non-hydrogen) atoms. The summed E-state index contributed by atoms with van der Waals surface area (Å²) < 4.78 is 5.49. The number of oxazole rings is 1. The SMILES string of the molecule is CC(=O)N(CCON(C=O)c1nc2ccccc2o1)NCc1ccccc1Cl. The standard InChI is InChI=1S/C19H19ClN4O4/c1-14(26)23(21-12-15-6-2-3-7-16(15)20)10-11-27-24(13-25)19-22-17-8-4-5-9-18(17)28-19/h2-9,13,21H,10-12H2,1H3. The molecule has 146 valence electrons. The van der Waals surface area contributed by atoms with Crippen molar-refractivity contribution in [3.05, 3.63) is 59.1 Å². The Kier molecular flexibility index (Phi) is 6.59. The molecule has 0 atom stereocenters. The van der Waals surface area contributed by atoms with Gasteiger partial charge >= 0.3 is 6.01 Å². The zero-order valence-corrected chi connectivity index (χ0v) is 15.9. The van der Waals surface area contributed by atoms with Gasteiger partial charge in [0.05, 0.1) is 13.2 Å². The number of rotatable bonds is 9. The van der Waals surface area contributed by atoms with Crippen LogP contribution in [0.3, 0.4) is 0 Å². The first kappa shape index (κ1) is 19.8. The van der Waals surface area contributed by atoms with E-state index < -0.39 is 0 Å². The van der Waals surface area contributed by atoms with Crippen molar-refractivity contribution < 1.29 is 18.8 Å². The van der Waals surface area contributed by atoms with Crippen LogP contribution in [-0.4, -0.2) is 35.5 Å². The Labute approximate surface area is 166 Å². The molecule has 0 saturated carbocycles. The number of nitrogens with zero attached hydrogens (tertiary/aromatic N) is 3. The maximum absolute atomic E-state index is 11.8. The Morgan fingerprint density at radius 3 is 2.71 bits per heavy atom. The summed E-state index contributed by atoms with van der Waals surface area (Å²) in [5.41, 5.74) is 5.01. The predicted molar refractivity (Wildman–Crippen MR) is 104 cm³/mol. The number of halogens is 1. The van der Waals surface area contributed by atoms with E-state index in [0.717, 1.165) is 10.6 Å². The summed E-state index contributed by atoms with van der Waals surface area (Å²) in [6.45, 7) is 2.05. The number of amides is 2. The Bertz CT molecular complexity index is 929. The first-order valence-electron chi connectivity index (χ1n) is 8.56. The first-order valence-corrected chi connectivity index (χ1v) is 8.94. The molecule has 0 aliphatic rings. The summed E-state index contributed by atoms with van der Waals surface area (Å²) in [6.07, 6.45) is 0.458. The lowest BCUT2D eigenvalue weighted by Crippen LogP contribution is -2.44. The Morgan fingerprint density at radius 1 is 1.25 bits per heavy atom. The van der Waals surface area contributed by atoms with E-state index >= 15 is 0 Å². The van der Waals surface area contributed by atoms with E-state index in [0.29, 0.717) is 29.1 Å². The quantitative estimate of drug-likeness (QED) is 0.437. The topological polar surface area (TPSA) is 87.9 Å². The highest BCUT2D eigenvalue weighted by Crippen LogP contribution is 2.21. The normalized spacial score (nSPS) is 10.8.